The molecule has 176 valence electrons. The Kier molecular flexibility index (Phi) is 6.45. The van der Waals surface area contributed by atoms with Gasteiger partial charge in [0.15, 0.2) is 5.78 Å². The molecule has 1 amide bonds. The lowest BCUT2D eigenvalue weighted by Gasteiger charge is -2.13. The van der Waals surface area contributed by atoms with Gasteiger partial charge in [-0.3, -0.25) is 19.0 Å². The predicted molar refractivity (Wildman–Crippen MR) is 130 cm³/mol. The maximum atomic E-state index is 13.4. The number of hydrogen-bond donors (Lipinski definition) is 1. The zero-order chi connectivity index (χ0) is 24.4. The number of aryl methyl sites for hydroxylation is 1. The summed E-state index contributed by atoms with van der Waals surface area (Å²) >= 11 is 0. The van der Waals surface area contributed by atoms with Gasteiger partial charge in [-0.25, -0.2) is 13.9 Å². The summed E-state index contributed by atoms with van der Waals surface area (Å²) in [6.45, 7) is 5.89. The lowest BCUT2D eigenvalue weighted by atomic mass is 10.1. The van der Waals surface area contributed by atoms with Crippen molar-refractivity contribution in [3.05, 3.63) is 80.5 Å². The van der Waals surface area contributed by atoms with Gasteiger partial charge >= 0.3 is 5.69 Å². The molecule has 0 fully saturated rings. The van der Waals surface area contributed by atoms with Gasteiger partial charge < -0.3 is 5.32 Å². The van der Waals surface area contributed by atoms with Crippen molar-refractivity contribution in [2.45, 2.75) is 52.7 Å². The van der Waals surface area contributed by atoms with Crippen LogP contribution in [0.15, 0.2) is 58.1 Å². The molecule has 9 nitrogen and oxygen atoms in total. The molecule has 2 aromatic carbocycles. The summed E-state index contributed by atoms with van der Waals surface area (Å²) in [6.07, 6.45) is 1.42. The van der Waals surface area contributed by atoms with E-state index in [4.69, 9.17) is 0 Å². The quantitative estimate of drug-likeness (QED) is 0.406. The molecule has 0 radical (unpaired) electrons. The van der Waals surface area contributed by atoms with Crippen LogP contribution in [0.4, 0.5) is 0 Å². The van der Waals surface area contributed by atoms with E-state index in [2.05, 4.69) is 10.4 Å². The minimum atomic E-state index is -0.548. The van der Waals surface area contributed by atoms with Gasteiger partial charge in [0, 0.05) is 23.7 Å². The van der Waals surface area contributed by atoms with Crippen molar-refractivity contribution in [2.24, 2.45) is 0 Å². The van der Waals surface area contributed by atoms with Gasteiger partial charge in [0.1, 0.15) is 6.54 Å². The highest BCUT2D eigenvalue weighted by Gasteiger charge is 2.20. The van der Waals surface area contributed by atoms with Gasteiger partial charge in [-0.1, -0.05) is 44.2 Å². The molecule has 2 aromatic heterocycles. The summed E-state index contributed by atoms with van der Waals surface area (Å²) in [5.41, 5.74) is 0.235. The number of ketones is 1. The number of aromatic nitrogens is 4. The molecule has 1 atom stereocenters. The Morgan fingerprint density at radius 2 is 1.76 bits per heavy atom. The Labute approximate surface area is 195 Å². The first kappa shape index (κ1) is 23.2. The number of Topliss-reactive ketones (excluding diaryl/α,β-unsaturated/α-hetero) is 1. The second-order valence-electron chi connectivity index (χ2n) is 8.34. The summed E-state index contributed by atoms with van der Waals surface area (Å²) in [5, 5.41) is 7.55. The number of fused-ring (bicyclic) bond motifs is 3. The third kappa shape index (κ3) is 4.16. The normalized spacial score (nSPS) is 12.2. The molecule has 2 heterocycles. The van der Waals surface area contributed by atoms with Crippen molar-refractivity contribution in [1.29, 1.82) is 0 Å². The number of carbonyl (C=O) groups is 2. The standard InChI is InChI=1S/C25H27N5O4/c1-4-13-28-23(33)19-12-11-18(22(32)26-16(3)5-2)14-20(19)30-24(28)27-29(25(30)34)15-21(31)17-9-7-6-8-10-17/h6-12,14,16H,4-5,13,15H2,1-3H3,(H,26,32). The number of rotatable bonds is 8. The molecule has 4 rings (SSSR count). The van der Waals surface area contributed by atoms with Crippen molar-refractivity contribution in [3.63, 3.8) is 0 Å². The molecule has 0 aliphatic rings. The van der Waals surface area contributed by atoms with Gasteiger partial charge in [0.05, 0.1) is 10.9 Å². The minimum absolute atomic E-state index is 0.0183. The van der Waals surface area contributed by atoms with Crippen LogP contribution in [0.3, 0.4) is 0 Å². The predicted octanol–water partition coefficient (Wildman–Crippen LogP) is 2.63. The lowest BCUT2D eigenvalue weighted by molar-refractivity contribution is 0.0937. The van der Waals surface area contributed by atoms with Crippen molar-refractivity contribution < 1.29 is 9.59 Å². The summed E-state index contributed by atoms with van der Waals surface area (Å²) in [7, 11) is 0. The smallest absolute Gasteiger partial charge is 0.350 e. The third-order valence-corrected chi connectivity index (χ3v) is 5.87. The molecule has 4 aromatic rings. The summed E-state index contributed by atoms with van der Waals surface area (Å²) in [4.78, 5) is 52.0. The molecule has 9 heteroatoms. The highest BCUT2D eigenvalue weighted by Crippen LogP contribution is 2.15. The SMILES string of the molecule is CCCn1c(=O)c2ccc(C(=O)NC(C)CC)cc2n2c(=O)n(CC(=O)c3ccccc3)nc12. The van der Waals surface area contributed by atoms with Crippen LogP contribution in [-0.2, 0) is 13.1 Å². The van der Waals surface area contributed by atoms with E-state index >= 15 is 0 Å². The molecular formula is C25H27N5O4. The van der Waals surface area contributed by atoms with Crippen LogP contribution < -0.4 is 16.6 Å². The summed E-state index contributed by atoms with van der Waals surface area (Å²) < 4.78 is 3.82. The third-order valence-electron chi connectivity index (χ3n) is 5.87. The number of nitrogens with zero attached hydrogens (tertiary/aromatic N) is 4. The first-order chi connectivity index (χ1) is 16.3. The molecule has 0 spiro atoms. The zero-order valence-electron chi connectivity index (χ0n) is 19.4. The van der Waals surface area contributed by atoms with E-state index in [1.54, 1.807) is 42.5 Å². The van der Waals surface area contributed by atoms with Gasteiger partial charge in [-0.2, -0.15) is 0 Å². The Balaban J connectivity index is 1.90. The van der Waals surface area contributed by atoms with Crippen LogP contribution in [-0.4, -0.2) is 36.5 Å². The first-order valence-electron chi connectivity index (χ1n) is 11.4. The first-order valence-corrected chi connectivity index (χ1v) is 11.4. The number of amides is 1. The molecule has 0 aliphatic carbocycles. The molecule has 34 heavy (non-hydrogen) atoms. The highest BCUT2D eigenvalue weighted by atomic mass is 16.2. The van der Waals surface area contributed by atoms with Crippen LogP contribution in [0.5, 0.6) is 0 Å². The van der Waals surface area contributed by atoms with Crippen molar-refractivity contribution in [3.8, 4) is 0 Å². The summed E-state index contributed by atoms with van der Waals surface area (Å²) in [5.74, 6) is -0.417. The highest BCUT2D eigenvalue weighted by molar-refractivity contribution is 5.98. The van der Waals surface area contributed by atoms with Crippen LogP contribution in [0, 0.1) is 0 Å². The van der Waals surface area contributed by atoms with Crippen LogP contribution in [0.2, 0.25) is 0 Å². The minimum Gasteiger partial charge on any atom is -0.350 e. The van der Waals surface area contributed by atoms with Crippen LogP contribution in [0.25, 0.3) is 16.7 Å². The van der Waals surface area contributed by atoms with Gasteiger partial charge in [0.2, 0.25) is 5.78 Å². The molecule has 1 N–H and O–H groups in total. The van der Waals surface area contributed by atoms with E-state index in [1.165, 1.54) is 15.0 Å². The fourth-order valence-electron chi connectivity index (χ4n) is 3.85. The fraction of sp³-hybridized carbons (Fsp3) is 0.320. The van der Waals surface area contributed by atoms with Gasteiger partial charge in [-0.05, 0) is 38.0 Å². The maximum absolute atomic E-state index is 13.4. The van der Waals surface area contributed by atoms with E-state index in [9.17, 15) is 19.2 Å². The van der Waals surface area contributed by atoms with E-state index in [-0.39, 0.29) is 41.1 Å². The second kappa shape index (κ2) is 9.46. The number of hydrogen-bond acceptors (Lipinski definition) is 5. The van der Waals surface area contributed by atoms with Gasteiger partial charge in [-0.15, -0.1) is 5.10 Å². The molecule has 1 unspecified atom stereocenters. The van der Waals surface area contributed by atoms with Crippen LogP contribution in [0.1, 0.15) is 54.3 Å². The number of nitrogens with one attached hydrogen (secondary N) is 1. The second-order valence-corrected chi connectivity index (χ2v) is 8.34. The molecule has 0 bridgehead atoms. The Bertz CT molecular complexity index is 1500. The summed E-state index contributed by atoms with van der Waals surface area (Å²) in [6, 6.07) is 13.3. The number of benzene rings is 2. The fourth-order valence-corrected chi connectivity index (χ4v) is 3.85. The van der Waals surface area contributed by atoms with Gasteiger partial charge in [0.25, 0.3) is 11.5 Å². The van der Waals surface area contributed by atoms with Crippen molar-refractivity contribution in [2.75, 3.05) is 0 Å². The average Bonchev–Trinajstić information content (AvgIpc) is 3.17. The lowest BCUT2D eigenvalue weighted by Crippen LogP contribution is -2.32. The molecule has 0 aliphatic heterocycles. The van der Waals surface area contributed by atoms with Crippen molar-refractivity contribution >= 4 is 28.4 Å². The molecular weight excluding hydrogens is 434 g/mol. The topological polar surface area (TPSA) is 107 Å². The van der Waals surface area contributed by atoms with E-state index in [1.807, 2.05) is 20.8 Å². The molecule has 0 saturated carbocycles. The molecule has 0 saturated heterocycles. The van der Waals surface area contributed by atoms with E-state index in [0.29, 0.717) is 29.5 Å². The number of carbonyl (C=O) groups excluding carboxylic acids is 2. The maximum Gasteiger partial charge on any atom is 0.352 e. The Morgan fingerprint density at radius 1 is 1.03 bits per heavy atom. The van der Waals surface area contributed by atoms with Crippen molar-refractivity contribution in [1.82, 2.24) is 24.1 Å². The average molecular weight is 462 g/mol. The Morgan fingerprint density at radius 3 is 2.44 bits per heavy atom. The monoisotopic (exact) mass is 461 g/mol. The largest absolute Gasteiger partial charge is 0.352 e. The van der Waals surface area contributed by atoms with Crippen LogP contribution >= 0.6 is 0 Å². The zero-order valence-corrected chi connectivity index (χ0v) is 19.4. The Hall–Kier alpha value is -4.01. The van der Waals surface area contributed by atoms with E-state index < -0.39 is 5.69 Å². The van der Waals surface area contributed by atoms with E-state index in [0.717, 1.165) is 11.1 Å².